The highest BCUT2D eigenvalue weighted by molar-refractivity contribution is 5.70. The van der Waals surface area contributed by atoms with Crippen LogP contribution in [0, 0.1) is 12.8 Å². The van der Waals surface area contributed by atoms with E-state index in [0.717, 1.165) is 31.7 Å². The molecule has 1 N–H and O–H groups in total. The number of aliphatic carboxylic acids is 1. The summed E-state index contributed by atoms with van der Waals surface area (Å²) in [4.78, 5) is 13.2. The Morgan fingerprint density at radius 3 is 3.11 bits per heavy atom. The Morgan fingerprint density at radius 1 is 1.53 bits per heavy atom. The van der Waals surface area contributed by atoms with Crippen LogP contribution in [0.4, 0.5) is 0 Å². The van der Waals surface area contributed by atoms with Gasteiger partial charge in [-0.15, -0.1) is 0 Å². The van der Waals surface area contributed by atoms with Crippen LogP contribution >= 0.6 is 0 Å². The van der Waals surface area contributed by atoms with E-state index in [-0.39, 0.29) is 5.92 Å². The Hall–Kier alpha value is -1.55. The van der Waals surface area contributed by atoms with E-state index in [2.05, 4.69) is 4.90 Å². The molecule has 0 saturated carbocycles. The maximum absolute atomic E-state index is 11.0. The minimum Gasteiger partial charge on any atom is -0.492 e. The molecule has 1 aliphatic heterocycles. The average molecular weight is 263 g/mol. The van der Waals surface area contributed by atoms with Gasteiger partial charge in [0.1, 0.15) is 12.4 Å². The van der Waals surface area contributed by atoms with E-state index in [1.807, 2.05) is 31.2 Å². The van der Waals surface area contributed by atoms with Crippen LogP contribution in [-0.4, -0.2) is 42.2 Å². The average Bonchev–Trinajstić information content (AvgIpc) is 2.39. The summed E-state index contributed by atoms with van der Waals surface area (Å²) in [6, 6.07) is 7.97. The van der Waals surface area contributed by atoms with Crippen molar-refractivity contribution in [1.29, 1.82) is 0 Å². The molecule has 1 heterocycles. The Balaban J connectivity index is 1.75. The number of hydrogen-bond acceptors (Lipinski definition) is 3. The fourth-order valence-electron chi connectivity index (χ4n) is 2.46. The molecule has 1 saturated heterocycles. The van der Waals surface area contributed by atoms with Crippen LogP contribution in [0.25, 0.3) is 0 Å². The molecule has 0 bridgehead atoms. The monoisotopic (exact) mass is 263 g/mol. The number of nitrogens with zero attached hydrogens (tertiary/aromatic N) is 1. The van der Waals surface area contributed by atoms with Gasteiger partial charge in [-0.2, -0.15) is 0 Å². The summed E-state index contributed by atoms with van der Waals surface area (Å²) in [6.45, 7) is 5.05. The number of carboxylic acid groups (broad SMARTS) is 1. The van der Waals surface area contributed by atoms with Crippen molar-refractivity contribution in [3.63, 3.8) is 0 Å². The van der Waals surface area contributed by atoms with Gasteiger partial charge in [-0.3, -0.25) is 9.69 Å². The second-order valence-electron chi connectivity index (χ2n) is 5.14. The van der Waals surface area contributed by atoms with E-state index >= 15 is 0 Å². The summed E-state index contributed by atoms with van der Waals surface area (Å²) in [5.74, 6) is -0.0104. The van der Waals surface area contributed by atoms with Gasteiger partial charge in [0.25, 0.3) is 0 Å². The van der Waals surface area contributed by atoms with Crippen molar-refractivity contribution in [1.82, 2.24) is 4.90 Å². The fourth-order valence-corrected chi connectivity index (χ4v) is 2.46. The molecular weight excluding hydrogens is 242 g/mol. The SMILES string of the molecule is Cc1cccc(OCCN2CCCC(C(=O)O)C2)c1. The Bertz CT molecular complexity index is 433. The Morgan fingerprint density at radius 2 is 2.37 bits per heavy atom. The second-order valence-corrected chi connectivity index (χ2v) is 5.14. The molecule has 4 nitrogen and oxygen atoms in total. The molecule has 1 aromatic rings. The molecule has 0 aliphatic carbocycles. The van der Waals surface area contributed by atoms with Gasteiger partial charge in [0, 0.05) is 13.1 Å². The first-order chi connectivity index (χ1) is 9.15. The van der Waals surface area contributed by atoms with Gasteiger partial charge in [0.2, 0.25) is 0 Å². The lowest BCUT2D eigenvalue weighted by atomic mass is 9.98. The van der Waals surface area contributed by atoms with Crippen molar-refractivity contribution in [2.45, 2.75) is 19.8 Å². The molecule has 4 heteroatoms. The summed E-state index contributed by atoms with van der Waals surface area (Å²) >= 11 is 0. The normalized spacial score (nSPS) is 20.2. The summed E-state index contributed by atoms with van der Waals surface area (Å²) in [6.07, 6.45) is 1.76. The zero-order valence-electron chi connectivity index (χ0n) is 11.3. The Labute approximate surface area is 114 Å². The van der Waals surface area contributed by atoms with Crippen LogP contribution in [0.3, 0.4) is 0 Å². The predicted octanol–water partition coefficient (Wildman–Crippen LogP) is 2.17. The molecule has 2 rings (SSSR count). The van der Waals surface area contributed by atoms with Gasteiger partial charge in [-0.1, -0.05) is 12.1 Å². The highest BCUT2D eigenvalue weighted by Crippen LogP contribution is 2.17. The van der Waals surface area contributed by atoms with Crippen LogP contribution in [0.1, 0.15) is 18.4 Å². The number of benzene rings is 1. The quantitative estimate of drug-likeness (QED) is 0.884. The highest BCUT2D eigenvalue weighted by atomic mass is 16.5. The minimum atomic E-state index is -0.677. The maximum Gasteiger partial charge on any atom is 0.307 e. The smallest absolute Gasteiger partial charge is 0.307 e. The van der Waals surface area contributed by atoms with Crippen LogP contribution in [-0.2, 0) is 4.79 Å². The van der Waals surface area contributed by atoms with Crippen LogP contribution < -0.4 is 4.74 Å². The lowest BCUT2D eigenvalue weighted by Crippen LogP contribution is -2.40. The van der Waals surface area contributed by atoms with Gasteiger partial charge in [-0.25, -0.2) is 0 Å². The summed E-state index contributed by atoms with van der Waals surface area (Å²) in [5, 5.41) is 9.03. The zero-order chi connectivity index (χ0) is 13.7. The first-order valence-corrected chi connectivity index (χ1v) is 6.80. The highest BCUT2D eigenvalue weighted by Gasteiger charge is 2.24. The number of aryl methyl sites for hydroxylation is 1. The third-order valence-electron chi connectivity index (χ3n) is 3.52. The van der Waals surface area contributed by atoms with E-state index in [9.17, 15) is 4.79 Å². The Kier molecular flexibility index (Phi) is 4.80. The number of carboxylic acids is 1. The van der Waals surface area contributed by atoms with Crippen molar-refractivity contribution in [2.75, 3.05) is 26.2 Å². The van der Waals surface area contributed by atoms with Crippen molar-refractivity contribution in [3.05, 3.63) is 29.8 Å². The molecule has 0 aromatic heterocycles. The van der Waals surface area contributed by atoms with Crippen LogP contribution in [0.15, 0.2) is 24.3 Å². The summed E-state index contributed by atoms with van der Waals surface area (Å²) in [7, 11) is 0. The van der Waals surface area contributed by atoms with Gasteiger partial charge in [-0.05, 0) is 44.0 Å². The number of carbonyl (C=O) groups is 1. The largest absolute Gasteiger partial charge is 0.492 e. The van der Waals surface area contributed by atoms with Crippen LogP contribution in [0.2, 0.25) is 0 Å². The van der Waals surface area contributed by atoms with Crippen LogP contribution in [0.5, 0.6) is 5.75 Å². The molecule has 1 fully saturated rings. The van der Waals surface area contributed by atoms with Gasteiger partial charge >= 0.3 is 5.97 Å². The number of rotatable bonds is 5. The fraction of sp³-hybridized carbons (Fsp3) is 0.533. The molecule has 1 aromatic carbocycles. The van der Waals surface area contributed by atoms with Crippen molar-refractivity contribution in [3.8, 4) is 5.75 Å². The third-order valence-corrected chi connectivity index (χ3v) is 3.52. The molecule has 1 atom stereocenters. The van der Waals surface area contributed by atoms with Gasteiger partial charge < -0.3 is 9.84 Å². The topological polar surface area (TPSA) is 49.8 Å². The summed E-state index contributed by atoms with van der Waals surface area (Å²) in [5.41, 5.74) is 1.18. The molecule has 19 heavy (non-hydrogen) atoms. The lowest BCUT2D eigenvalue weighted by Gasteiger charge is -2.30. The first-order valence-electron chi connectivity index (χ1n) is 6.80. The van der Waals surface area contributed by atoms with Crippen molar-refractivity contribution < 1.29 is 14.6 Å². The van der Waals surface area contributed by atoms with E-state index < -0.39 is 5.97 Å². The number of likely N-dealkylation sites (tertiary alicyclic amines) is 1. The van der Waals surface area contributed by atoms with Gasteiger partial charge in [0.05, 0.1) is 5.92 Å². The van der Waals surface area contributed by atoms with Crippen molar-refractivity contribution >= 4 is 5.97 Å². The van der Waals surface area contributed by atoms with E-state index in [1.165, 1.54) is 5.56 Å². The second kappa shape index (κ2) is 6.57. The molecule has 104 valence electrons. The first kappa shape index (κ1) is 13.9. The van der Waals surface area contributed by atoms with Gasteiger partial charge in [0.15, 0.2) is 0 Å². The lowest BCUT2D eigenvalue weighted by molar-refractivity contribution is -0.143. The molecule has 0 radical (unpaired) electrons. The zero-order valence-corrected chi connectivity index (χ0v) is 11.3. The number of piperidine rings is 1. The standard InChI is InChI=1S/C15H21NO3/c1-12-4-2-6-14(10-12)19-9-8-16-7-3-5-13(11-16)15(17)18/h2,4,6,10,13H,3,5,7-9,11H2,1H3,(H,17,18). The third kappa shape index (κ3) is 4.24. The molecule has 1 aliphatic rings. The number of hydrogen-bond donors (Lipinski definition) is 1. The van der Waals surface area contributed by atoms with E-state index in [1.54, 1.807) is 0 Å². The summed E-state index contributed by atoms with van der Waals surface area (Å²) < 4.78 is 5.70. The van der Waals surface area contributed by atoms with Crippen molar-refractivity contribution in [2.24, 2.45) is 5.92 Å². The van der Waals surface area contributed by atoms with E-state index in [4.69, 9.17) is 9.84 Å². The maximum atomic E-state index is 11.0. The molecule has 1 unspecified atom stereocenters. The van der Waals surface area contributed by atoms with E-state index in [0.29, 0.717) is 13.2 Å². The molecule has 0 amide bonds. The predicted molar refractivity (Wildman–Crippen MR) is 73.5 cm³/mol. The molecule has 0 spiro atoms. The molecular formula is C15H21NO3. The number of ether oxygens (including phenoxy) is 1. The minimum absolute atomic E-state index is 0.215.